The van der Waals surface area contributed by atoms with Crippen LogP contribution in [0.4, 0.5) is 0 Å². The molecule has 0 aliphatic heterocycles. The molecule has 0 saturated heterocycles. The first-order chi connectivity index (χ1) is 1.41. The minimum absolute atomic E-state index is 0. The van der Waals surface area contributed by atoms with Crippen LogP contribution in [-0.2, 0) is 26.2 Å². The summed E-state index contributed by atoms with van der Waals surface area (Å²) in [6.07, 6.45) is 0. The molecule has 0 amide bonds. The molecule has 4 heavy (non-hydrogen) atoms. The fourth-order valence-corrected chi connectivity index (χ4v) is 0. The Morgan fingerprint density at radius 1 is 1.75 bits per heavy atom. The van der Waals surface area contributed by atoms with Crippen molar-refractivity contribution in [3.8, 4) is 0 Å². The molecule has 0 fully saturated rings. The molecule has 0 saturated carbocycles. The summed E-state index contributed by atoms with van der Waals surface area (Å²) in [5.41, 5.74) is 4.85. The van der Waals surface area contributed by atoms with E-state index in [4.69, 9.17) is 5.73 Å². The third-order valence-electron chi connectivity index (χ3n) is 0. The molecule has 2 N–H and O–H groups in total. The zero-order valence-corrected chi connectivity index (χ0v) is 5.24. The van der Waals surface area contributed by atoms with Gasteiger partial charge >= 0.3 is 0 Å². The summed E-state index contributed by atoms with van der Waals surface area (Å²) in [5.74, 6) is 0. The fourth-order valence-electron chi connectivity index (χ4n) is 0. The second-order valence-electron chi connectivity index (χ2n) is 0.408. The van der Waals surface area contributed by atoms with Gasteiger partial charge in [0.25, 0.3) is 0 Å². The maximum atomic E-state index is 4.85. The Morgan fingerprint density at radius 3 is 1.75 bits per heavy atom. The molecule has 0 aromatic rings. The summed E-state index contributed by atoms with van der Waals surface area (Å²) in [4.78, 5) is 0. The Hall–Kier alpha value is 0.843. The van der Waals surface area contributed by atoms with Crippen LogP contribution in [0.15, 0.2) is 0 Å². The second kappa shape index (κ2) is 9.14. The van der Waals surface area contributed by atoms with Gasteiger partial charge in [0.2, 0.25) is 0 Å². The van der Waals surface area contributed by atoms with E-state index in [9.17, 15) is 0 Å². The molecule has 1 nitrogen and oxygen atoms in total. The molecule has 0 aliphatic carbocycles. The van der Waals surface area contributed by atoms with Gasteiger partial charge in [0, 0.05) is 26.2 Å². The van der Waals surface area contributed by atoms with Gasteiger partial charge in [-0.3, -0.25) is 0 Å². The molecule has 0 aliphatic rings. The van der Waals surface area contributed by atoms with Crippen LogP contribution in [0.1, 0.15) is 6.92 Å². The van der Waals surface area contributed by atoms with Crippen LogP contribution < -0.4 is 5.73 Å². The van der Waals surface area contributed by atoms with Crippen LogP contribution in [0.5, 0.6) is 0 Å². The summed E-state index contributed by atoms with van der Waals surface area (Å²) in [7, 11) is 0. The predicted octanol–water partition coefficient (Wildman–Crippen LogP) is -0.0375. The van der Waals surface area contributed by atoms with Gasteiger partial charge in [-0.1, -0.05) is 6.92 Å². The molecule has 0 aromatic carbocycles. The van der Waals surface area contributed by atoms with Crippen LogP contribution in [0, 0.1) is 0 Å². The fraction of sp³-hybridized carbons (Fsp3) is 1.00. The first kappa shape index (κ1) is 8.85. The van der Waals surface area contributed by atoms with Gasteiger partial charge in [-0.25, -0.2) is 0 Å². The van der Waals surface area contributed by atoms with Crippen molar-refractivity contribution in [1.82, 2.24) is 0 Å². The van der Waals surface area contributed by atoms with Gasteiger partial charge in [-0.2, -0.15) is 0 Å². The van der Waals surface area contributed by atoms with Gasteiger partial charge in [0.15, 0.2) is 0 Å². The minimum Gasteiger partial charge on any atom is -0.331 e. The predicted molar refractivity (Wildman–Crippen MR) is 14.7 cm³/mol. The van der Waals surface area contributed by atoms with Crippen molar-refractivity contribution in [2.24, 2.45) is 5.73 Å². The Labute approximate surface area is 45.7 Å². The van der Waals surface area contributed by atoms with Crippen LogP contribution in [0.3, 0.4) is 0 Å². The molecule has 0 rings (SSSR count). The first-order valence-corrected chi connectivity index (χ1v) is 1.12. The molecule has 0 unspecified atom stereocenters. The first-order valence-electron chi connectivity index (χ1n) is 1.12. The summed E-state index contributed by atoms with van der Waals surface area (Å²) >= 11 is 0. The average Bonchev–Trinajstić information content (AvgIpc) is 0.918. The number of hydrogen-bond donors (Lipinski definition) is 1. The zero-order chi connectivity index (χ0) is 2.71. The van der Waals surface area contributed by atoms with Crippen molar-refractivity contribution in [2.45, 2.75) is 6.92 Å². The zero-order valence-electron chi connectivity index (χ0n) is 2.78. The van der Waals surface area contributed by atoms with E-state index in [2.05, 4.69) is 0 Å². The maximum Gasteiger partial charge on any atom is 0 e. The Bertz CT molecular complexity index is 6.00. The van der Waals surface area contributed by atoms with Gasteiger partial charge in [-0.15, -0.1) is 0 Å². The van der Waals surface area contributed by atoms with E-state index in [1.54, 1.807) is 0 Å². The van der Waals surface area contributed by atoms with Crippen molar-refractivity contribution >= 4 is 0 Å². The smallest absolute Gasteiger partial charge is 0 e. The average molecular weight is 136 g/mol. The van der Waals surface area contributed by atoms with E-state index in [-0.39, 0.29) is 26.2 Å². The normalized spacial score (nSPS) is 4.50. The number of hydrogen-bond acceptors (Lipinski definition) is 1. The van der Waals surface area contributed by atoms with Crippen LogP contribution in [0.2, 0.25) is 0 Å². The van der Waals surface area contributed by atoms with E-state index in [1.807, 2.05) is 6.92 Å². The van der Waals surface area contributed by atoms with Crippen molar-refractivity contribution in [2.75, 3.05) is 6.54 Å². The van der Waals surface area contributed by atoms with Gasteiger partial charge in [0.1, 0.15) is 0 Å². The van der Waals surface area contributed by atoms with Crippen molar-refractivity contribution in [1.29, 1.82) is 0 Å². The molecule has 0 bridgehead atoms. The Morgan fingerprint density at radius 2 is 1.75 bits per heavy atom. The molecule has 0 atom stereocenters. The molecule has 0 aromatic heterocycles. The quantitative estimate of drug-likeness (QED) is 0.497. The van der Waals surface area contributed by atoms with Gasteiger partial charge in [-0.05, 0) is 6.54 Å². The SMILES string of the molecule is CCN.[Zr]. The van der Waals surface area contributed by atoms with Crippen LogP contribution in [-0.4, -0.2) is 6.54 Å². The largest absolute Gasteiger partial charge is 0.331 e. The van der Waals surface area contributed by atoms with E-state index in [0.717, 1.165) is 6.54 Å². The monoisotopic (exact) mass is 135 g/mol. The summed E-state index contributed by atoms with van der Waals surface area (Å²) < 4.78 is 0. The molecule has 2 heteroatoms. The standard InChI is InChI=1S/C2H7N.Zr/c1-2-3;/h2-3H2,1H3;. The van der Waals surface area contributed by atoms with Gasteiger partial charge in [0.05, 0.1) is 0 Å². The van der Waals surface area contributed by atoms with E-state index in [1.165, 1.54) is 0 Å². The third kappa shape index (κ3) is 13.6. The van der Waals surface area contributed by atoms with E-state index in [0.29, 0.717) is 0 Å². The van der Waals surface area contributed by atoms with Crippen LogP contribution >= 0.6 is 0 Å². The van der Waals surface area contributed by atoms with E-state index < -0.39 is 0 Å². The van der Waals surface area contributed by atoms with Crippen LogP contribution in [0.25, 0.3) is 0 Å². The van der Waals surface area contributed by atoms with Crippen molar-refractivity contribution in [3.05, 3.63) is 0 Å². The minimum atomic E-state index is 0. The topological polar surface area (TPSA) is 26.0 Å². The third-order valence-corrected chi connectivity index (χ3v) is 0. The molecular weight excluding hydrogens is 129 g/mol. The maximum absolute atomic E-state index is 4.85. The molecular formula is C2H7NZr. The Kier molecular flexibility index (Phi) is 20.2. The molecule has 24 valence electrons. The number of rotatable bonds is 0. The molecule has 0 spiro atoms. The van der Waals surface area contributed by atoms with Crippen molar-refractivity contribution in [3.63, 3.8) is 0 Å². The molecule has 0 radical (unpaired) electrons. The second-order valence-corrected chi connectivity index (χ2v) is 0.408. The number of nitrogens with two attached hydrogens (primary N) is 1. The Balaban J connectivity index is 0. The van der Waals surface area contributed by atoms with Gasteiger partial charge < -0.3 is 5.73 Å². The van der Waals surface area contributed by atoms with Crippen molar-refractivity contribution < 1.29 is 26.2 Å². The molecule has 0 heterocycles. The summed E-state index contributed by atoms with van der Waals surface area (Å²) in [6.45, 7) is 2.65. The van der Waals surface area contributed by atoms with E-state index >= 15 is 0 Å². The summed E-state index contributed by atoms with van der Waals surface area (Å²) in [6, 6.07) is 0. The summed E-state index contributed by atoms with van der Waals surface area (Å²) in [5, 5.41) is 0.